The molecule has 3 rings (SSSR count). The summed E-state index contributed by atoms with van der Waals surface area (Å²) in [6.07, 6.45) is 0. The molecule has 2 atom stereocenters. The fourth-order valence-electron chi connectivity index (χ4n) is 3.27. The first-order valence-corrected chi connectivity index (χ1v) is 8.96. The molecule has 0 aliphatic carbocycles. The molecule has 22 heavy (non-hydrogen) atoms. The highest BCUT2D eigenvalue weighted by Crippen LogP contribution is 2.34. The van der Waals surface area contributed by atoms with Gasteiger partial charge in [0.1, 0.15) is 5.82 Å². The normalized spacial score (nSPS) is 25.6. The van der Waals surface area contributed by atoms with E-state index in [9.17, 15) is 18.0 Å². The second-order valence-electron chi connectivity index (χ2n) is 6.00. The van der Waals surface area contributed by atoms with Crippen molar-refractivity contribution < 1.29 is 8.42 Å². The number of aromatic nitrogens is 2. The third-order valence-corrected chi connectivity index (χ3v) is 6.50. The lowest BCUT2D eigenvalue weighted by atomic mass is 10.0. The maximum Gasteiger partial charge on any atom is 0.329 e. The van der Waals surface area contributed by atoms with E-state index < -0.39 is 15.7 Å². The van der Waals surface area contributed by atoms with E-state index in [1.807, 2.05) is 4.90 Å². The minimum Gasteiger partial charge on any atom is -0.357 e. The zero-order valence-electron chi connectivity index (χ0n) is 12.7. The Hall–Kier alpha value is -1.61. The van der Waals surface area contributed by atoms with Crippen LogP contribution in [0.2, 0.25) is 0 Å². The van der Waals surface area contributed by atoms with Crippen molar-refractivity contribution in [3.05, 3.63) is 26.9 Å². The van der Waals surface area contributed by atoms with Gasteiger partial charge in [0.15, 0.2) is 0 Å². The minimum absolute atomic E-state index is 0.123. The SMILES string of the molecule is CCS(=O)(=O)N1CC2CN(c3cc(=O)n(C)c(=O)[nH]3)CC2C1. The number of rotatable bonds is 3. The molecule has 1 N–H and O–H groups in total. The Labute approximate surface area is 128 Å². The van der Waals surface area contributed by atoms with E-state index in [0.29, 0.717) is 32.0 Å². The molecule has 2 saturated heterocycles. The molecule has 2 fully saturated rings. The molecule has 3 heterocycles. The van der Waals surface area contributed by atoms with Crippen molar-refractivity contribution in [2.45, 2.75) is 6.92 Å². The Morgan fingerprint density at radius 3 is 2.27 bits per heavy atom. The summed E-state index contributed by atoms with van der Waals surface area (Å²) < 4.78 is 26.4. The van der Waals surface area contributed by atoms with Crippen LogP contribution in [-0.2, 0) is 17.1 Å². The summed E-state index contributed by atoms with van der Waals surface area (Å²) in [4.78, 5) is 28.1. The monoisotopic (exact) mass is 328 g/mol. The van der Waals surface area contributed by atoms with Gasteiger partial charge in [0.25, 0.3) is 5.56 Å². The van der Waals surface area contributed by atoms with Gasteiger partial charge < -0.3 is 4.90 Å². The Balaban J connectivity index is 1.77. The van der Waals surface area contributed by atoms with Crippen molar-refractivity contribution in [1.82, 2.24) is 13.9 Å². The van der Waals surface area contributed by atoms with Gasteiger partial charge in [0.05, 0.1) is 5.75 Å². The Morgan fingerprint density at radius 2 is 1.77 bits per heavy atom. The predicted molar refractivity (Wildman–Crippen MR) is 82.5 cm³/mol. The molecule has 2 aliphatic heterocycles. The van der Waals surface area contributed by atoms with Gasteiger partial charge in [-0.2, -0.15) is 0 Å². The van der Waals surface area contributed by atoms with Crippen LogP contribution >= 0.6 is 0 Å². The second-order valence-corrected chi connectivity index (χ2v) is 8.26. The molecule has 0 radical (unpaired) electrons. The number of fused-ring (bicyclic) bond motifs is 1. The van der Waals surface area contributed by atoms with Crippen LogP contribution in [0.25, 0.3) is 0 Å². The number of anilines is 1. The highest BCUT2D eigenvalue weighted by atomic mass is 32.2. The first-order chi connectivity index (χ1) is 10.3. The van der Waals surface area contributed by atoms with Crippen molar-refractivity contribution in [3.8, 4) is 0 Å². The quantitative estimate of drug-likeness (QED) is 0.751. The van der Waals surface area contributed by atoms with E-state index in [1.165, 1.54) is 13.1 Å². The van der Waals surface area contributed by atoms with Gasteiger partial charge in [0.2, 0.25) is 10.0 Å². The topological polar surface area (TPSA) is 95.5 Å². The van der Waals surface area contributed by atoms with E-state index in [4.69, 9.17) is 0 Å². The van der Waals surface area contributed by atoms with E-state index in [1.54, 1.807) is 11.2 Å². The van der Waals surface area contributed by atoms with Crippen LogP contribution in [0.1, 0.15) is 6.92 Å². The molecule has 122 valence electrons. The van der Waals surface area contributed by atoms with Crippen molar-refractivity contribution in [3.63, 3.8) is 0 Å². The van der Waals surface area contributed by atoms with Gasteiger partial charge in [-0.15, -0.1) is 0 Å². The largest absolute Gasteiger partial charge is 0.357 e. The number of hydrogen-bond donors (Lipinski definition) is 1. The summed E-state index contributed by atoms with van der Waals surface area (Å²) in [5, 5.41) is 0. The lowest BCUT2D eigenvalue weighted by Gasteiger charge is -2.22. The summed E-state index contributed by atoms with van der Waals surface area (Å²) in [6.45, 7) is 4.01. The number of nitrogens with zero attached hydrogens (tertiary/aromatic N) is 3. The molecule has 0 aromatic carbocycles. The van der Waals surface area contributed by atoms with E-state index in [-0.39, 0.29) is 23.1 Å². The molecule has 0 amide bonds. The maximum atomic E-state index is 11.9. The van der Waals surface area contributed by atoms with Crippen LogP contribution in [0.15, 0.2) is 15.7 Å². The van der Waals surface area contributed by atoms with E-state index in [2.05, 4.69) is 4.98 Å². The first kappa shape index (κ1) is 15.3. The standard InChI is InChI=1S/C13H20N4O4S/c1-3-22(20,21)17-7-9-5-16(6-10(9)8-17)11-4-12(18)15(2)13(19)14-11/h4,9-10H,3,5-8H2,1-2H3,(H,14,19). The van der Waals surface area contributed by atoms with Gasteiger partial charge in [-0.25, -0.2) is 17.5 Å². The fourth-order valence-corrected chi connectivity index (χ4v) is 4.47. The molecule has 0 bridgehead atoms. The number of nitrogens with one attached hydrogen (secondary N) is 1. The number of H-pyrrole nitrogens is 1. The van der Waals surface area contributed by atoms with Crippen LogP contribution in [0.5, 0.6) is 0 Å². The molecule has 8 nitrogen and oxygen atoms in total. The third kappa shape index (κ3) is 2.48. The summed E-state index contributed by atoms with van der Waals surface area (Å²) in [7, 11) is -1.71. The second kappa shape index (κ2) is 5.24. The summed E-state index contributed by atoms with van der Waals surface area (Å²) in [5.41, 5.74) is -0.777. The van der Waals surface area contributed by atoms with Gasteiger partial charge >= 0.3 is 5.69 Å². The van der Waals surface area contributed by atoms with Crippen LogP contribution in [0, 0.1) is 11.8 Å². The summed E-state index contributed by atoms with van der Waals surface area (Å²) >= 11 is 0. The zero-order valence-corrected chi connectivity index (χ0v) is 13.5. The number of hydrogen-bond acceptors (Lipinski definition) is 5. The average Bonchev–Trinajstić information content (AvgIpc) is 3.03. The first-order valence-electron chi connectivity index (χ1n) is 7.35. The molecule has 0 saturated carbocycles. The van der Waals surface area contributed by atoms with Crippen LogP contribution in [-0.4, -0.2) is 54.2 Å². The van der Waals surface area contributed by atoms with Gasteiger partial charge in [-0.05, 0) is 18.8 Å². The highest BCUT2D eigenvalue weighted by molar-refractivity contribution is 7.89. The fraction of sp³-hybridized carbons (Fsp3) is 0.692. The molecular formula is C13H20N4O4S. The summed E-state index contributed by atoms with van der Waals surface area (Å²) in [5.74, 6) is 1.13. The van der Waals surface area contributed by atoms with Crippen LogP contribution in [0.3, 0.4) is 0 Å². The van der Waals surface area contributed by atoms with Crippen molar-refractivity contribution in [2.24, 2.45) is 18.9 Å². The molecule has 1 aromatic rings. The predicted octanol–water partition coefficient (Wildman–Crippen LogP) is -1.21. The maximum absolute atomic E-state index is 11.9. The third-order valence-electron chi connectivity index (χ3n) is 4.68. The molecule has 0 spiro atoms. The lowest BCUT2D eigenvalue weighted by Crippen LogP contribution is -2.37. The van der Waals surface area contributed by atoms with Crippen molar-refractivity contribution in [1.29, 1.82) is 0 Å². The van der Waals surface area contributed by atoms with E-state index >= 15 is 0 Å². The average molecular weight is 328 g/mol. The molecule has 2 unspecified atom stereocenters. The Bertz CT molecular complexity index is 752. The Kier molecular flexibility index (Phi) is 3.64. The van der Waals surface area contributed by atoms with Gasteiger partial charge in [0, 0.05) is 39.3 Å². The van der Waals surface area contributed by atoms with Crippen molar-refractivity contribution >= 4 is 15.8 Å². The molecule has 9 heteroatoms. The summed E-state index contributed by atoms with van der Waals surface area (Å²) in [6, 6.07) is 1.42. The van der Waals surface area contributed by atoms with E-state index in [0.717, 1.165) is 4.57 Å². The minimum atomic E-state index is -3.14. The van der Waals surface area contributed by atoms with Crippen molar-refractivity contribution in [2.75, 3.05) is 36.8 Å². The highest BCUT2D eigenvalue weighted by Gasteiger charge is 2.43. The van der Waals surface area contributed by atoms with Gasteiger partial charge in [-0.1, -0.05) is 0 Å². The van der Waals surface area contributed by atoms with Crippen LogP contribution in [0.4, 0.5) is 5.82 Å². The smallest absolute Gasteiger partial charge is 0.329 e. The number of sulfonamides is 1. The Morgan fingerprint density at radius 1 is 1.18 bits per heavy atom. The molecular weight excluding hydrogens is 308 g/mol. The zero-order chi connectivity index (χ0) is 16.1. The van der Waals surface area contributed by atoms with Gasteiger partial charge in [-0.3, -0.25) is 14.3 Å². The molecule has 1 aromatic heterocycles. The lowest BCUT2D eigenvalue weighted by molar-refractivity contribution is 0.454. The number of aromatic amines is 1. The van der Waals surface area contributed by atoms with Crippen LogP contribution < -0.4 is 16.1 Å². The molecule has 2 aliphatic rings.